The molecule has 0 saturated carbocycles. The Morgan fingerprint density at radius 3 is 2.64 bits per heavy atom. The molecular formula is C16H18ClN3O3S2. The fourth-order valence-corrected chi connectivity index (χ4v) is 4.99. The van der Waals surface area contributed by atoms with Crippen molar-refractivity contribution in [1.29, 1.82) is 0 Å². The minimum absolute atomic E-state index is 0.269. The topological polar surface area (TPSA) is 79.4 Å². The summed E-state index contributed by atoms with van der Waals surface area (Å²) < 4.78 is 26.1. The molecule has 3 rings (SSSR count). The molecule has 9 heteroatoms. The number of hydrogen-bond donors (Lipinski definition) is 1. The van der Waals surface area contributed by atoms with Gasteiger partial charge in [-0.15, -0.1) is 11.3 Å². The van der Waals surface area contributed by atoms with Crippen molar-refractivity contribution in [2.75, 3.05) is 11.9 Å². The normalized spacial score (nSPS) is 15.2. The first-order valence-electron chi connectivity index (χ1n) is 7.82. The highest BCUT2D eigenvalue weighted by Crippen LogP contribution is 2.30. The van der Waals surface area contributed by atoms with Crippen molar-refractivity contribution in [3.63, 3.8) is 0 Å². The van der Waals surface area contributed by atoms with Gasteiger partial charge in [0.05, 0.1) is 10.9 Å². The number of halogens is 1. The molecule has 2 aromatic rings. The molecule has 0 bridgehead atoms. The number of sulfonamides is 1. The molecule has 0 saturated heterocycles. The number of amides is 1. The van der Waals surface area contributed by atoms with Crippen LogP contribution < -0.4 is 5.32 Å². The Bertz CT molecular complexity index is 892. The van der Waals surface area contributed by atoms with Gasteiger partial charge in [-0.2, -0.15) is 4.31 Å². The van der Waals surface area contributed by atoms with Crippen LogP contribution in [-0.4, -0.2) is 35.4 Å². The molecule has 0 spiro atoms. The zero-order valence-corrected chi connectivity index (χ0v) is 16.2. The SMILES string of the molecule is CC(C)S(=O)(=O)N1CCc2nc(NC(=O)c3ccc(Cl)cc3)sc2C1. The van der Waals surface area contributed by atoms with E-state index < -0.39 is 15.3 Å². The van der Waals surface area contributed by atoms with Crippen LogP contribution in [0.5, 0.6) is 0 Å². The van der Waals surface area contributed by atoms with Crippen LogP contribution in [0.15, 0.2) is 24.3 Å². The summed E-state index contributed by atoms with van der Waals surface area (Å²) in [7, 11) is -3.29. The van der Waals surface area contributed by atoms with Crippen LogP contribution in [-0.2, 0) is 23.0 Å². The molecule has 1 N–H and O–H groups in total. The molecule has 1 aliphatic heterocycles. The molecule has 1 aliphatic rings. The van der Waals surface area contributed by atoms with Gasteiger partial charge in [0.2, 0.25) is 10.0 Å². The molecule has 1 amide bonds. The highest BCUT2D eigenvalue weighted by molar-refractivity contribution is 7.89. The van der Waals surface area contributed by atoms with Gasteiger partial charge in [-0.25, -0.2) is 13.4 Å². The van der Waals surface area contributed by atoms with Crippen LogP contribution in [0.2, 0.25) is 5.02 Å². The van der Waals surface area contributed by atoms with Crippen molar-refractivity contribution in [1.82, 2.24) is 9.29 Å². The number of aromatic nitrogens is 1. The van der Waals surface area contributed by atoms with E-state index in [2.05, 4.69) is 10.3 Å². The van der Waals surface area contributed by atoms with Gasteiger partial charge in [0.15, 0.2) is 5.13 Å². The van der Waals surface area contributed by atoms with Gasteiger partial charge in [0, 0.05) is 35.0 Å². The third-order valence-corrected chi connectivity index (χ3v) is 7.45. The quantitative estimate of drug-likeness (QED) is 0.856. The van der Waals surface area contributed by atoms with E-state index in [1.165, 1.54) is 15.6 Å². The molecule has 1 aromatic heterocycles. The molecular weight excluding hydrogens is 382 g/mol. The Morgan fingerprint density at radius 1 is 1.32 bits per heavy atom. The van der Waals surface area contributed by atoms with E-state index in [1.807, 2.05) is 0 Å². The number of carbonyl (C=O) groups excluding carboxylic acids is 1. The minimum atomic E-state index is -3.29. The van der Waals surface area contributed by atoms with E-state index in [0.717, 1.165) is 10.6 Å². The van der Waals surface area contributed by atoms with Crippen molar-refractivity contribution in [3.05, 3.63) is 45.4 Å². The number of rotatable bonds is 4. The number of benzene rings is 1. The average Bonchev–Trinajstić information content (AvgIpc) is 2.96. The lowest BCUT2D eigenvalue weighted by molar-refractivity contribution is 0.102. The number of fused-ring (bicyclic) bond motifs is 1. The van der Waals surface area contributed by atoms with Gasteiger partial charge >= 0.3 is 0 Å². The fourth-order valence-electron chi connectivity index (χ4n) is 2.51. The van der Waals surface area contributed by atoms with Crippen LogP contribution in [0.1, 0.15) is 34.8 Å². The zero-order chi connectivity index (χ0) is 18.2. The first-order chi connectivity index (χ1) is 11.8. The maximum absolute atomic E-state index is 12.3. The summed E-state index contributed by atoms with van der Waals surface area (Å²) in [6.07, 6.45) is 0.550. The van der Waals surface area contributed by atoms with Crippen molar-refractivity contribution >= 4 is 44.0 Å². The fraction of sp³-hybridized carbons (Fsp3) is 0.375. The number of nitrogens with one attached hydrogen (secondary N) is 1. The van der Waals surface area contributed by atoms with Crippen molar-refractivity contribution in [2.24, 2.45) is 0 Å². The summed E-state index contributed by atoms with van der Waals surface area (Å²) in [5.41, 5.74) is 1.34. The zero-order valence-electron chi connectivity index (χ0n) is 13.8. The second-order valence-corrected chi connectivity index (χ2v) is 10.0. The van der Waals surface area contributed by atoms with E-state index in [-0.39, 0.29) is 5.91 Å². The van der Waals surface area contributed by atoms with Crippen molar-refractivity contribution in [3.8, 4) is 0 Å². The minimum Gasteiger partial charge on any atom is -0.298 e. The second kappa shape index (κ2) is 7.03. The van der Waals surface area contributed by atoms with E-state index in [1.54, 1.807) is 38.1 Å². The molecule has 0 aliphatic carbocycles. The Labute approximate surface area is 155 Å². The Kier molecular flexibility index (Phi) is 5.15. The lowest BCUT2D eigenvalue weighted by Gasteiger charge is -2.26. The van der Waals surface area contributed by atoms with Gasteiger partial charge in [-0.1, -0.05) is 11.6 Å². The monoisotopic (exact) mass is 399 g/mol. The Hall–Kier alpha value is -1.48. The number of carbonyl (C=O) groups is 1. The van der Waals surface area contributed by atoms with Gasteiger partial charge < -0.3 is 0 Å². The summed E-state index contributed by atoms with van der Waals surface area (Å²) in [6, 6.07) is 6.58. The summed E-state index contributed by atoms with van der Waals surface area (Å²) in [4.78, 5) is 17.6. The molecule has 6 nitrogen and oxygen atoms in total. The highest BCUT2D eigenvalue weighted by atomic mass is 35.5. The predicted octanol–water partition coefficient (Wildman–Crippen LogP) is 3.15. The van der Waals surface area contributed by atoms with Gasteiger partial charge in [-0.3, -0.25) is 10.1 Å². The van der Waals surface area contributed by atoms with Crippen LogP contribution in [0, 0.1) is 0 Å². The first kappa shape index (κ1) is 18.3. The molecule has 0 atom stereocenters. The number of anilines is 1. The molecule has 1 aromatic carbocycles. The standard InChI is InChI=1S/C16H18ClN3O3S2/c1-10(2)25(22,23)20-8-7-13-14(9-20)24-16(18-13)19-15(21)11-3-5-12(17)6-4-11/h3-6,10H,7-9H2,1-2H3,(H,18,19,21). The molecule has 0 unspecified atom stereocenters. The third kappa shape index (κ3) is 3.87. The smallest absolute Gasteiger partial charge is 0.257 e. The van der Waals surface area contributed by atoms with Gasteiger partial charge in [0.1, 0.15) is 0 Å². The first-order valence-corrected chi connectivity index (χ1v) is 10.5. The van der Waals surface area contributed by atoms with Crippen molar-refractivity contribution in [2.45, 2.75) is 32.1 Å². The molecule has 2 heterocycles. The maximum atomic E-state index is 12.3. The molecule has 0 fully saturated rings. The highest BCUT2D eigenvalue weighted by Gasteiger charge is 2.31. The molecule has 134 valence electrons. The Balaban J connectivity index is 1.74. The van der Waals surface area contributed by atoms with Gasteiger partial charge in [0.25, 0.3) is 5.91 Å². The van der Waals surface area contributed by atoms with E-state index in [9.17, 15) is 13.2 Å². The molecule has 25 heavy (non-hydrogen) atoms. The lowest BCUT2D eigenvalue weighted by Crippen LogP contribution is -2.39. The number of nitrogens with zero attached hydrogens (tertiary/aromatic N) is 2. The van der Waals surface area contributed by atoms with Crippen LogP contribution in [0.3, 0.4) is 0 Å². The third-order valence-electron chi connectivity index (χ3n) is 3.98. The molecule has 0 radical (unpaired) electrons. The largest absolute Gasteiger partial charge is 0.298 e. The van der Waals surface area contributed by atoms with E-state index in [4.69, 9.17) is 11.6 Å². The van der Waals surface area contributed by atoms with Crippen LogP contribution >= 0.6 is 22.9 Å². The number of thiazole rings is 1. The second-order valence-electron chi connectivity index (χ2n) is 6.03. The summed E-state index contributed by atoms with van der Waals surface area (Å²) in [5.74, 6) is -0.269. The number of hydrogen-bond acceptors (Lipinski definition) is 5. The van der Waals surface area contributed by atoms with E-state index >= 15 is 0 Å². The maximum Gasteiger partial charge on any atom is 0.257 e. The average molecular weight is 400 g/mol. The van der Waals surface area contributed by atoms with Crippen molar-refractivity contribution < 1.29 is 13.2 Å². The summed E-state index contributed by atoms with van der Waals surface area (Å²) in [5, 5.41) is 3.36. The predicted molar refractivity (Wildman–Crippen MR) is 99.7 cm³/mol. The Morgan fingerprint density at radius 2 is 2.00 bits per heavy atom. The summed E-state index contributed by atoms with van der Waals surface area (Å²) in [6.45, 7) is 4.08. The van der Waals surface area contributed by atoms with E-state index in [0.29, 0.717) is 35.2 Å². The van der Waals surface area contributed by atoms with Crippen LogP contribution in [0.25, 0.3) is 0 Å². The van der Waals surface area contributed by atoms with Gasteiger partial charge in [-0.05, 0) is 38.1 Å². The lowest BCUT2D eigenvalue weighted by atomic mass is 10.2. The van der Waals surface area contributed by atoms with Crippen LogP contribution in [0.4, 0.5) is 5.13 Å². The summed E-state index contributed by atoms with van der Waals surface area (Å²) >= 11 is 7.14.